The van der Waals surface area contributed by atoms with Crippen LogP contribution in [0.5, 0.6) is 0 Å². The third-order valence-electron chi connectivity index (χ3n) is 3.42. The highest BCUT2D eigenvalue weighted by atomic mass is 35.5. The molecule has 0 aliphatic rings. The summed E-state index contributed by atoms with van der Waals surface area (Å²) in [7, 11) is 0. The molecule has 0 amide bonds. The molecule has 2 aromatic rings. The molecule has 0 fully saturated rings. The molecule has 0 spiro atoms. The van der Waals surface area contributed by atoms with Crippen molar-refractivity contribution in [3.63, 3.8) is 0 Å². The van der Waals surface area contributed by atoms with Crippen LogP contribution in [0, 0.1) is 6.92 Å². The van der Waals surface area contributed by atoms with Crippen LogP contribution in [0.25, 0.3) is 0 Å². The van der Waals surface area contributed by atoms with E-state index in [1.807, 2.05) is 36.7 Å². The third-order valence-corrected chi connectivity index (χ3v) is 4.24. The van der Waals surface area contributed by atoms with E-state index in [9.17, 15) is 5.11 Å². The fourth-order valence-corrected chi connectivity index (χ4v) is 2.90. The van der Waals surface area contributed by atoms with Crippen molar-refractivity contribution < 1.29 is 5.11 Å². The van der Waals surface area contributed by atoms with Gasteiger partial charge in [-0.1, -0.05) is 41.4 Å². The maximum atomic E-state index is 10.8. The van der Waals surface area contributed by atoms with Crippen LogP contribution in [0.3, 0.4) is 0 Å². The number of nitrogens with zero attached hydrogens (tertiary/aromatic N) is 2. The quantitative estimate of drug-likeness (QED) is 0.927. The predicted octanol–water partition coefficient (Wildman–Crippen LogP) is 3.97. The minimum atomic E-state index is -1.10. The van der Waals surface area contributed by atoms with Gasteiger partial charge in [-0.2, -0.15) is 5.10 Å². The summed E-state index contributed by atoms with van der Waals surface area (Å²) in [4.78, 5) is 0. The largest absolute Gasteiger partial charge is 0.385 e. The zero-order valence-electron chi connectivity index (χ0n) is 11.8. The monoisotopic (exact) mass is 312 g/mol. The highest BCUT2D eigenvalue weighted by Gasteiger charge is 2.29. The molecule has 0 saturated heterocycles. The van der Waals surface area contributed by atoms with E-state index in [1.165, 1.54) is 0 Å². The van der Waals surface area contributed by atoms with Crippen molar-refractivity contribution in [1.82, 2.24) is 9.78 Å². The molecule has 1 unspecified atom stereocenters. The zero-order chi connectivity index (χ0) is 14.9. The second kappa shape index (κ2) is 5.76. The van der Waals surface area contributed by atoms with Gasteiger partial charge in [0.15, 0.2) is 0 Å². The van der Waals surface area contributed by atoms with E-state index in [0.717, 1.165) is 11.4 Å². The van der Waals surface area contributed by atoms with Gasteiger partial charge in [-0.25, -0.2) is 0 Å². The first-order valence-electron chi connectivity index (χ1n) is 6.56. The molecule has 20 heavy (non-hydrogen) atoms. The van der Waals surface area contributed by atoms with Gasteiger partial charge in [0, 0.05) is 23.6 Å². The molecule has 5 heteroatoms. The van der Waals surface area contributed by atoms with Gasteiger partial charge in [-0.3, -0.25) is 4.68 Å². The highest BCUT2D eigenvalue weighted by Crippen LogP contribution is 2.33. The smallest absolute Gasteiger partial charge is 0.0938 e. The van der Waals surface area contributed by atoms with Gasteiger partial charge in [-0.05, 0) is 26.8 Å². The second-order valence-electron chi connectivity index (χ2n) is 5.09. The standard InChI is InChI=1S/C15H18Cl2N2O/c1-4-19-13(14(17)10(2)18-19)9-15(3,20)11-7-5-6-8-12(11)16/h5-8,20H,4,9H2,1-3H3. The summed E-state index contributed by atoms with van der Waals surface area (Å²) in [5.74, 6) is 0. The van der Waals surface area contributed by atoms with Crippen LogP contribution in [0.15, 0.2) is 24.3 Å². The number of aliphatic hydroxyl groups is 1. The number of benzene rings is 1. The van der Waals surface area contributed by atoms with E-state index in [1.54, 1.807) is 13.0 Å². The second-order valence-corrected chi connectivity index (χ2v) is 5.88. The van der Waals surface area contributed by atoms with Gasteiger partial charge < -0.3 is 5.11 Å². The Labute approximate surface area is 129 Å². The number of hydrogen-bond donors (Lipinski definition) is 1. The molecule has 108 valence electrons. The number of rotatable bonds is 4. The van der Waals surface area contributed by atoms with Gasteiger partial charge in [-0.15, -0.1) is 0 Å². The lowest BCUT2D eigenvalue weighted by Crippen LogP contribution is -2.26. The predicted molar refractivity (Wildman–Crippen MR) is 82.4 cm³/mol. The minimum absolute atomic E-state index is 0.365. The number of hydrogen-bond acceptors (Lipinski definition) is 2. The summed E-state index contributed by atoms with van der Waals surface area (Å²) in [5.41, 5.74) is 1.20. The van der Waals surface area contributed by atoms with Crippen LogP contribution >= 0.6 is 23.2 Å². The average Bonchev–Trinajstić information content (AvgIpc) is 2.66. The normalized spacial score (nSPS) is 14.3. The number of aryl methyl sites for hydroxylation is 2. The average molecular weight is 313 g/mol. The Morgan fingerprint density at radius 3 is 2.55 bits per heavy atom. The Bertz CT molecular complexity index is 620. The maximum absolute atomic E-state index is 10.8. The first-order chi connectivity index (χ1) is 9.36. The SMILES string of the molecule is CCn1nc(C)c(Cl)c1CC(C)(O)c1ccccc1Cl. The van der Waals surface area contributed by atoms with E-state index in [4.69, 9.17) is 23.2 Å². The molecule has 1 aromatic carbocycles. The third kappa shape index (κ3) is 2.85. The summed E-state index contributed by atoms with van der Waals surface area (Å²) in [6.07, 6.45) is 0.365. The van der Waals surface area contributed by atoms with Crippen LogP contribution in [-0.2, 0) is 18.6 Å². The van der Waals surface area contributed by atoms with Crippen LogP contribution in [0.1, 0.15) is 30.8 Å². The van der Waals surface area contributed by atoms with Crippen molar-refractivity contribution in [2.45, 2.75) is 39.3 Å². The van der Waals surface area contributed by atoms with Crippen molar-refractivity contribution in [2.75, 3.05) is 0 Å². The molecular formula is C15H18Cl2N2O. The number of halogens is 2. The molecule has 1 heterocycles. The van der Waals surface area contributed by atoms with E-state index in [2.05, 4.69) is 5.10 Å². The van der Waals surface area contributed by atoms with Crippen LogP contribution < -0.4 is 0 Å². The van der Waals surface area contributed by atoms with Crippen LogP contribution in [0.2, 0.25) is 10.0 Å². The number of aromatic nitrogens is 2. The molecule has 3 nitrogen and oxygen atoms in total. The van der Waals surface area contributed by atoms with E-state index < -0.39 is 5.60 Å². The summed E-state index contributed by atoms with van der Waals surface area (Å²) >= 11 is 12.5. The molecule has 0 aliphatic heterocycles. The Morgan fingerprint density at radius 2 is 1.95 bits per heavy atom. The van der Waals surface area contributed by atoms with E-state index in [0.29, 0.717) is 28.6 Å². The molecular weight excluding hydrogens is 295 g/mol. The molecule has 0 bridgehead atoms. The topological polar surface area (TPSA) is 38.0 Å². The molecule has 0 aliphatic carbocycles. The molecule has 1 aromatic heterocycles. The summed E-state index contributed by atoms with van der Waals surface area (Å²) in [6.45, 7) is 6.31. The van der Waals surface area contributed by atoms with Gasteiger partial charge in [0.05, 0.1) is 22.0 Å². The lowest BCUT2D eigenvalue weighted by atomic mass is 9.91. The van der Waals surface area contributed by atoms with E-state index >= 15 is 0 Å². The lowest BCUT2D eigenvalue weighted by Gasteiger charge is -2.25. The summed E-state index contributed by atoms with van der Waals surface area (Å²) in [5, 5.41) is 16.3. The zero-order valence-corrected chi connectivity index (χ0v) is 13.3. The van der Waals surface area contributed by atoms with Crippen LogP contribution in [-0.4, -0.2) is 14.9 Å². The fourth-order valence-electron chi connectivity index (χ4n) is 2.36. The van der Waals surface area contributed by atoms with Gasteiger partial charge >= 0.3 is 0 Å². The fraction of sp³-hybridized carbons (Fsp3) is 0.400. The van der Waals surface area contributed by atoms with Crippen molar-refractivity contribution in [3.8, 4) is 0 Å². The lowest BCUT2D eigenvalue weighted by molar-refractivity contribution is 0.0555. The molecule has 0 radical (unpaired) electrons. The van der Waals surface area contributed by atoms with Gasteiger partial charge in [0.2, 0.25) is 0 Å². The summed E-state index contributed by atoms with van der Waals surface area (Å²) < 4.78 is 1.82. The Balaban J connectivity index is 2.41. The highest BCUT2D eigenvalue weighted by molar-refractivity contribution is 6.32. The molecule has 1 N–H and O–H groups in total. The van der Waals surface area contributed by atoms with Crippen molar-refractivity contribution in [3.05, 3.63) is 51.3 Å². The van der Waals surface area contributed by atoms with Crippen molar-refractivity contribution >= 4 is 23.2 Å². The Hall–Kier alpha value is -1.03. The van der Waals surface area contributed by atoms with Gasteiger partial charge in [0.1, 0.15) is 0 Å². The van der Waals surface area contributed by atoms with E-state index in [-0.39, 0.29) is 0 Å². The molecule has 1 atom stereocenters. The molecule has 2 rings (SSSR count). The van der Waals surface area contributed by atoms with Crippen molar-refractivity contribution in [1.29, 1.82) is 0 Å². The molecule has 0 saturated carbocycles. The van der Waals surface area contributed by atoms with Crippen molar-refractivity contribution in [2.24, 2.45) is 0 Å². The Morgan fingerprint density at radius 1 is 1.30 bits per heavy atom. The van der Waals surface area contributed by atoms with Crippen LogP contribution in [0.4, 0.5) is 0 Å². The first-order valence-corrected chi connectivity index (χ1v) is 7.31. The minimum Gasteiger partial charge on any atom is -0.385 e. The van der Waals surface area contributed by atoms with Gasteiger partial charge in [0.25, 0.3) is 0 Å². The summed E-state index contributed by atoms with van der Waals surface area (Å²) in [6, 6.07) is 7.31. The Kier molecular flexibility index (Phi) is 4.43. The maximum Gasteiger partial charge on any atom is 0.0938 e. The first kappa shape index (κ1) is 15.4.